The SMILES string of the molecule is CCCCC(CN)NC(=O)c1ccc(C(=O)N(CC)CC)cc1.Cl. The lowest BCUT2D eigenvalue weighted by Gasteiger charge is -2.19. The van der Waals surface area contributed by atoms with Crippen LogP contribution in [0.15, 0.2) is 24.3 Å². The largest absolute Gasteiger partial charge is 0.348 e. The Labute approximate surface area is 151 Å². The smallest absolute Gasteiger partial charge is 0.253 e. The van der Waals surface area contributed by atoms with Crippen molar-refractivity contribution in [1.82, 2.24) is 10.2 Å². The molecule has 0 aliphatic heterocycles. The molecule has 0 fully saturated rings. The van der Waals surface area contributed by atoms with Crippen molar-refractivity contribution in [3.05, 3.63) is 35.4 Å². The minimum absolute atomic E-state index is 0. The van der Waals surface area contributed by atoms with Crippen LogP contribution in [-0.2, 0) is 0 Å². The van der Waals surface area contributed by atoms with Gasteiger partial charge in [-0.3, -0.25) is 9.59 Å². The van der Waals surface area contributed by atoms with Crippen LogP contribution in [0, 0.1) is 0 Å². The third-order valence-corrected chi connectivity index (χ3v) is 3.97. The fraction of sp³-hybridized carbons (Fsp3) is 0.556. The molecular weight excluding hydrogens is 326 g/mol. The van der Waals surface area contributed by atoms with E-state index in [0.29, 0.717) is 30.8 Å². The average molecular weight is 356 g/mol. The standard InChI is InChI=1S/C18H29N3O2.ClH/c1-4-7-8-16(13-19)20-17(22)14-9-11-15(12-10-14)18(23)21(5-2)6-3;/h9-12,16H,4-8,13,19H2,1-3H3,(H,20,22);1H. The molecule has 24 heavy (non-hydrogen) atoms. The van der Waals surface area contributed by atoms with Crippen LogP contribution in [-0.4, -0.2) is 42.4 Å². The van der Waals surface area contributed by atoms with Crippen molar-refractivity contribution in [2.45, 2.75) is 46.1 Å². The van der Waals surface area contributed by atoms with Crippen LogP contribution >= 0.6 is 12.4 Å². The summed E-state index contributed by atoms with van der Waals surface area (Å²) in [5, 5.41) is 2.95. The Hall–Kier alpha value is -1.59. The van der Waals surface area contributed by atoms with E-state index in [4.69, 9.17) is 5.73 Å². The van der Waals surface area contributed by atoms with Gasteiger partial charge >= 0.3 is 0 Å². The predicted molar refractivity (Wildman–Crippen MR) is 101 cm³/mol. The van der Waals surface area contributed by atoms with Crippen molar-refractivity contribution >= 4 is 24.2 Å². The fourth-order valence-electron chi connectivity index (χ4n) is 2.43. The number of rotatable bonds is 9. The van der Waals surface area contributed by atoms with Gasteiger partial charge in [0.25, 0.3) is 11.8 Å². The van der Waals surface area contributed by atoms with Crippen LogP contribution in [0.4, 0.5) is 0 Å². The van der Waals surface area contributed by atoms with Crippen molar-refractivity contribution in [2.75, 3.05) is 19.6 Å². The van der Waals surface area contributed by atoms with Gasteiger partial charge in [0.15, 0.2) is 0 Å². The molecule has 0 heterocycles. The summed E-state index contributed by atoms with van der Waals surface area (Å²) >= 11 is 0. The molecule has 0 radical (unpaired) electrons. The molecular formula is C18H30ClN3O2. The first-order chi connectivity index (χ1) is 11.1. The van der Waals surface area contributed by atoms with Gasteiger partial charge in [0.1, 0.15) is 0 Å². The highest BCUT2D eigenvalue weighted by Crippen LogP contribution is 2.09. The monoisotopic (exact) mass is 355 g/mol. The van der Waals surface area contributed by atoms with Gasteiger partial charge in [-0.25, -0.2) is 0 Å². The number of carbonyl (C=O) groups excluding carboxylic acids is 2. The summed E-state index contributed by atoms with van der Waals surface area (Å²) in [5.41, 5.74) is 6.86. The molecule has 0 bridgehead atoms. The fourth-order valence-corrected chi connectivity index (χ4v) is 2.43. The Balaban J connectivity index is 0.00000529. The van der Waals surface area contributed by atoms with E-state index in [1.165, 1.54) is 0 Å². The summed E-state index contributed by atoms with van der Waals surface area (Å²) in [6.07, 6.45) is 3.01. The summed E-state index contributed by atoms with van der Waals surface area (Å²) in [5.74, 6) is -0.150. The number of hydrogen-bond acceptors (Lipinski definition) is 3. The summed E-state index contributed by atoms with van der Waals surface area (Å²) in [4.78, 5) is 26.2. The summed E-state index contributed by atoms with van der Waals surface area (Å²) in [6.45, 7) is 7.80. The maximum Gasteiger partial charge on any atom is 0.253 e. The number of nitrogens with zero attached hydrogens (tertiary/aromatic N) is 1. The molecule has 0 spiro atoms. The van der Waals surface area contributed by atoms with Crippen molar-refractivity contribution in [2.24, 2.45) is 5.73 Å². The molecule has 1 aromatic carbocycles. The zero-order chi connectivity index (χ0) is 17.2. The number of unbranched alkanes of at least 4 members (excludes halogenated alkanes) is 1. The van der Waals surface area contributed by atoms with Gasteiger partial charge in [-0.1, -0.05) is 19.8 Å². The Morgan fingerprint density at radius 1 is 1.08 bits per heavy atom. The van der Waals surface area contributed by atoms with E-state index in [-0.39, 0.29) is 30.3 Å². The van der Waals surface area contributed by atoms with Crippen molar-refractivity contribution in [1.29, 1.82) is 0 Å². The van der Waals surface area contributed by atoms with E-state index in [1.807, 2.05) is 13.8 Å². The number of amides is 2. The Kier molecular flexibility index (Phi) is 11.1. The molecule has 0 aliphatic carbocycles. The number of halogens is 1. The molecule has 5 nitrogen and oxygen atoms in total. The van der Waals surface area contributed by atoms with E-state index in [9.17, 15) is 9.59 Å². The predicted octanol–water partition coefficient (Wildman–Crippen LogP) is 2.84. The lowest BCUT2D eigenvalue weighted by Crippen LogP contribution is -2.40. The number of benzene rings is 1. The molecule has 0 saturated carbocycles. The van der Waals surface area contributed by atoms with Gasteiger partial charge in [0.05, 0.1) is 0 Å². The highest BCUT2D eigenvalue weighted by Gasteiger charge is 2.15. The Morgan fingerprint density at radius 3 is 2.08 bits per heavy atom. The van der Waals surface area contributed by atoms with Crippen LogP contribution in [0.25, 0.3) is 0 Å². The van der Waals surface area contributed by atoms with Crippen LogP contribution in [0.5, 0.6) is 0 Å². The molecule has 1 unspecified atom stereocenters. The summed E-state index contributed by atoms with van der Waals surface area (Å²) in [7, 11) is 0. The van der Waals surface area contributed by atoms with Gasteiger partial charge in [-0.05, 0) is 44.5 Å². The zero-order valence-corrected chi connectivity index (χ0v) is 15.7. The molecule has 1 atom stereocenters. The zero-order valence-electron chi connectivity index (χ0n) is 14.9. The highest BCUT2D eigenvalue weighted by molar-refractivity contribution is 5.97. The van der Waals surface area contributed by atoms with E-state index < -0.39 is 0 Å². The third kappa shape index (κ3) is 6.49. The van der Waals surface area contributed by atoms with Crippen LogP contribution in [0.3, 0.4) is 0 Å². The minimum atomic E-state index is -0.140. The topological polar surface area (TPSA) is 75.4 Å². The van der Waals surface area contributed by atoms with Gasteiger partial charge in [0.2, 0.25) is 0 Å². The average Bonchev–Trinajstić information content (AvgIpc) is 2.59. The Bertz CT molecular complexity index is 501. The number of nitrogens with two attached hydrogens (primary N) is 1. The molecule has 0 saturated heterocycles. The molecule has 0 aromatic heterocycles. The summed E-state index contributed by atoms with van der Waals surface area (Å²) in [6, 6.07) is 6.80. The maximum atomic E-state index is 12.2. The number of hydrogen-bond donors (Lipinski definition) is 2. The van der Waals surface area contributed by atoms with Crippen molar-refractivity contribution in [3.8, 4) is 0 Å². The molecule has 3 N–H and O–H groups in total. The highest BCUT2D eigenvalue weighted by atomic mass is 35.5. The van der Waals surface area contributed by atoms with Crippen LogP contribution in [0.1, 0.15) is 60.7 Å². The van der Waals surface area contributed by atoms with Gasteiger partial charge in [-0.2, -0.15) is 0 Å². The molecule has 136 valence electrons. The number of carbonyl (C=O) groups is 2. The lowest BCUT2D eigenvalue weighted by molar-refractivity contribution is 0.0772. The lowest BCUT2D eigenvalue weighted by atomic mass is 10.1. The first-order valence-electron chi connectivity index (χ1n) is 8.47. The second kappa shape index (κ2) is 11.9. The van der Waals surface area contributed by atoms with Gasteiger partial charge in [-0.15, -0.1) is 12.4 Å². The third-order valence-electron chi connectivity index (χ3n) is 3.97. The first kappa shape index (κ1) is 22.4. The second-order valence-electron chi connectivity index (χ2n) is 5.60. The van der Waals surface area contributed by atoms with Crippen LogP contribution in [0.2, 0.25) is 0 Å². The van der Waals surface area contributed by atoms with Gasteiger partial charge < -0.3 is 16.0 Å². The Morgan fingerprint density at radius 2 is 1.62 bits per heavy atom. The molecule has 6 heteroatoms. The van der Waals surface area contributed by atoms with E-state index in [1.54, 1.807) is 29.2 Å². The van der Waals surface area contributed by atoms with E-state index in [0.717, 1.165) is 19.3 Å². The molecule has 2 amide bonds. The second-order valence-corrected chi connectivity index (χ2v) is 5.60. The van der Waals surface area contributed by atoms with Crippen molar-refractivity contribution in [3.63, 3.8) is 0 Å². The first-order valence-corrected chi connectivity index (χ1v) is 8.47. The molecule has 1 rings (SSSR count). The number of nitrogens with one attached hydrogen (secondary N) is 1. The van der Waals surface area contributed by atoms with E-state index in [2.05, 4.69) is 12.2 Å². The van der Waals surface area contributed by atoms with Crippen LogP contribution < -0.4 is 11.1 Å². The molecule has 0 aliphatic rings. The maximum absolute atomic E-state index is 12.2. The quantitative estimate of drug-likeness (QED) is 0.715. The van der Waals surface area contributed by atoms with Crippen molar-refractivity contribution < 1.29 is 9.59 Å². The van der Waals surface area contributed by atoms with E-state index >= 15 is 0 Å². The minimum Gasteiger partial charge on any atom is -0.348 e. The molecule has 1 aromatic rings. The summed E-state index contributed by atoms with van der Waals surface area (Å²) < 4.78 is 0. The van der Waals surface area contributed by atoms with Gasteiger partial charge in [0, 0.05) is 36.8 Å². The normalized spacial score (nSPS) is 11.3.